The Labute approximate surface area is 176 Å². The van der Waals surface area contributed by atoms with E-state index in [1.807, 2.05) is 11.0 Å². The molecule has 0 saturated carbocycles. The summed E-state index contributed by atoms with van der Waals surface area (Å²) in [5.74, 6) is 0.803. The van der Waals surface area contributed by atoms with Crippen molar-refractivity contribution in [3.8, 4) is 0 Å². The highest BCUT2D eigenvalue weighted by molar-refractivity contribution is 5.71. The molecule has 4 N–H and O–H groups in total. The van der Waals surface area contributed by atoms with Crippen LogP contribution in [0.2, 0.25) is 0 Å². The summed E-state index contributed by atoms with van der Waals surface area (Å²) in [5.41, 5.74) is 7.16. The highest BCUT2D eigenvalue weighted by Crippen LogP contribution is 2.32. The largest absolute Gasteiger partial charge is 0.378 e. The van der Waals surface area contributed by atoms with Gasteiger partial charge in [-0.25, -0.2) is 0 Å². The zero-order valence-corrected chi connectivity index (χ0v) is 17.4. The molecule has 0 radical (unpaired) electrons. The maximum absolute atomic E-state index is 11.7. The molecule has 2 saturated heterocycles. The van der Waals surface area contributed by atoms with E-state index in [0.717, 1.165) is 45.8 Å². The van der Waals surface area contributed by atoms with E-state index in [2.05, 4.69) is 46.2 Å². The van der Waals surface area contributed by atoms with Gasteiger partial charge in [0.15, 0.2) is 0 Å². The van der Waals surface area contributed by atoms with Gasteiger partial charge < -0.3 is 25.3 Å². The molecular formula is C20H30N8O2+2. The average Bonchev–Trinajstić information content (AvgIpc) is 2.75. The standard InChI is InChI=1S/C20H28N8O2/c1-24-7-11-27(12-8-24)20-22-18(21)17(28(29)30)19(23-20)26-13-9-25(10-14-26)15-16-5-3-2-4-6-16/h2-6H,7-15H2,1H3,(H2,21,22,23)/p+2. The number of likely N-dealkylation sites (N-methyl/N-ethyl adjacent to an activating group) is 1. The van der Waals surface area contributed by atoms with E-state index in [9.17, 15) is 10.1 Å². The van der Waals surface area contributed by atoms with Crippen molar-refractivity contribution >= 4 is 23.3 Å². The van der Waals surface area contributed by atoms with Crippen molar-refractivity contribution in [3.63, 3.8) is 0 Å². The first-order valence-electron chi connectivity index (χ1n) is 10.5. The van der Waals surface area contributed by atoms with Crippen LogP contribution in [0.5, 0.6) is 0 Å². The number of nitro groups is 1. The van der Waals surface area contributed by atoms with Crippen molar-refractivity contribution in [3.05, 3.63) is 46.0 Å². The van der Waals surface area contributed by atoms with E-state index in [1.165, 1.54) is 15.4 Å². The second-order valence-corrected chi connectivity index (χ2v) is 8.18. The lowest BCUT2D eigenvalue weighted by atomic mass is 10.2. The molecule has 0 aliphatic carbocycles. The molecule has 10 heteroatoms. The smallest absolute Gasteiger partial charge is 0.353 e. The van der Waals surface area contributed by atoms with Gasteiger partial charge in [0.1, 0.15) is 6.54 Å². The van der Waals surface area contributed by atoms with Crippen molar-refractivity contribution in [1.82, 2.24) is 9.97 Å². The number of aromatic nitrogens is 2. The lowest BCUT2D eigenvalue weighted by molar-refractivity contribution is -0.914. The molecule has 2 aliphatic heterocycles. The highest BCUT2D eigenvalue weighted by Gasteiger charge is 2.32. The van der Waals surface area contributed by atoms with Crippen molar-refractivity contribution in [2.45, 2.75) is 6.54 Å². The van der Waals surface area contributed by atoms with Gasteiger partial charge in [-0.05, 0) is 0 Å². The van der Waals surface area contributed by atoms with Gasteiger partial charge in [-0.15, -0.1) is 0 Å². The Bertz CT molecular complexity index is 878. The van der Waals surface area contributed by atoms with Gasteiger partial charge in [0, 0.05) is 5.56 Å². The molecule has 0 atom stereocenters. The molecular weight excluding hydrogens is 384 g/mol. The summed E-state index contributed by atoms with van der Waals surface area (Å²) in [6, 6.07) is 10.4. The SMILES string of the molecule is C[NH+]1CCN(c2nc(N)c([N+](=O)[O-])c(N3CC[NH+](Cc4ccccc4)CC3)n2)CC1. The molecule has 0 amide bonds. The number of piperazine rings is 2. The summed E-state index contributed by atoms with van der Waals surface area (Å²) in [6.45, 7) is 7.74. The Hall–Kier alpha value is -2.98. The number of nitrogens with one attached hydrogen (secondary N) is 2. The third-order valence-corrected chi connectivity index (χ3v) is 6.03. The second-order valence-electron chi connectivity index (χ2n) is 8.18. The van der Waals surface area contributed by atoms with Crippen LogP contribution in [0, 0.1) is 10.1 Å². The van der Waals surface area contributed by atoms with Crippen LogP contribution in [0.3, 0.4) is 0 Å². The first kappa shape index (κ1) is 20.3. The molecule has 4 rings (SSSR count). The fraction of sp³-hybridized carbons (Fsp3) is 0.500. The lowest BCUT2D eigenvalue weighted by Crippen LogP contribution is -3.13. The summed E-state index contributed by atoms with van der Waals surface area (Å²) in [6.07, 6.45) is 0. The minimum atomic E-state index is -0.453. The number of hydrogen-bond acceptors (Lipinski definition) is 7. The summed E-state index contributed by atoms with van der Waals surface area (Å²) in [5, 5.41) is 11.7. The van der Waals surface area contributed by atoms with Crippen LogP contribution in [-0.4, -0.2) is 74.3 Å². The molecule has 3 heterocycles. The van der Waals surface area contributed by atoms with Gasteiger partial charge in [-0.2, -0.15) is 9.97 Å². The van der Waals surface area contributed by atoms with E-state index in [4.69, 9.17) is 5.73 Å². The van der Waals surface area contributed by atoms with Crippen molar-refractivity contribution in [2.24, 2.45) is 0 Å². The number of rotatable bonds is 5. The van der Waals surface area contributed by atoms with Crippen LogP contribution in [0.4, 0.5) is 23.3 Å². The van der Waals surface area contributed by atoms with E-state index >= 15 is 0 Å². The number of nitrogen functional groups attached to an aromatic ring is 1. The Balaban J connectivity index is 1.51. The molecule has 0 spiro atoms. The lowest BCUT2D eigenvalue weighted by Gasteiger charge is -2.34. The zero-order chi connectivity index (χ0) is 21.1. The van der Waals surface area contributed by atoms with Crippen LogP contribution in [0.15, 0.2) is 30.3 Å². The summed E-state index contributed by atoms with van der Waals surface area (Å²) >= 11 is 0. The van der Waals surface area contributed by atoms with Gasteiger partial charge in [0.2, 0.25) is 17.6 Å². The van der Waals surface area contributed by atoms with E-state index < -0.39 is 4.92 Å². The summed E-state index contributed by atoms with van der Waals surface area (Å²) in [4.78, 5) is 27.2. The first-order valence-corrected chi connectivity index (χ1v) is 10.5. The summed E-state index contributed by atoms with van der Waals surface area (Å²) in [7, 11) is 2.16. The van der Waals surface area contributed by atoms with Gasteiger partial charge in [-0.1, -0.05) is 30.3 Å². The fourth-order valence-corrected chi connectivity index (χ4v) is 4.17. The number of nitrogens with two attached hydrogens (primary N) is 1. The first-order chi connectivity index (χ1) is 14.5. The topological polar surface area (TPSA) is 110 Å². The number of hydrogen-bond donors (Lipinski definition) is 3. The predicted molar refractivity (Wildman–Crippen MR) is 115 cm³/mol. The van der Waals surface area contributed by atoms with E-state index in [1.54, 1.807) is 0 Å². The molecule has 0 unspecified atom stereocenters. The van der Waals surface area contributed by atoms with E-state index in [0.29, 0.717) is 24.9 Å². The third-order valence-electron chi connectivity index (χ3n) is 6.03. The van der Waals surface area contributed by atoms with Crippen molar-refractivity contribution in [2.75, 3.05) is 74.9 Å². The van der Waals surface area contributed by atoms with Crippen LogP contribution in [0.1, 0.15) is 5.56 Å². The third kappa shape index (κ3) is 4.44. The number of nitrogens with zero attached hydrogens (tertiary/aromatic N) is 5. The number of quaternary nitrogens is 2. The molecule has 160 valence electrons. The molecule has 2 fully saturated rings. The highest BCUT2D eigenvalue weighted by atomic mass is 16.6. The van der Waals surface area contributed by atoms with Crippen molar-refractivity contribution in [1.29, 1.82) is 0 Å². The van der Waals surface area contributed by atoms with Crippen LogP contribution in [-0.2, 0) is 6.54 Å². The maximum Gasteiger partial charge on any atom is 0.353 e. The van der Waals surface area contributed by atoms with E-state index in [-0.39, 0.29) is 11.5 Å². The van der Waals surface area contributed by atoms with Crippen LogP contribution < -0.4 is 25.3 Å². The fourth-order valence-electron chi connectivity index (χ4n) is 4.17. The Morgan fingerprint density at radius 1 is 1.03 bits per heavy atom. The normalized spacial score (nSPS) is 18.6. The minimum absolute atomic E-state index is 0.0506. The molecule has 2 aliphatic rings. The van der Waals surface area contributed by atoms with Gasteiger partial charge in [0.25, 0.3) is 0 Å². The number of anilines is 3. The van der Waals surface area contributed by atoms with Crippen LogP contribution in [0.25, 0.3) is 0 Å². The molecule has 1 aromatic carbocycles. The zero-order valence-electron chi connectivity index (χ0n) is 17.4. The molecule has 1 aromatic heterocycles. The maximum atomic E-state index is 11.7. The predicted octanol–water partition coefficient (Wildman–Crippen LogP) is -1.79. The van der Waals surface area contributed by atoms with Crippen LogP contribution >= 0.6 is 0 Å². The van der Waals surface area contributed by atoms with Gasteiger partial charge >= 0.3 is 5.69 Å². The van der Waals surface area contributed by atoms with Crippen molar-refractivity contribution < 1.29 is 14.7 Å². The quantitative estimate of drug-likeness (QED) is 0.391. The average molecular weight is 415 g/mol. The Morgan fingerprint density at radius 3 is 2.30 bits per heavy atom. The molecule has 2 aromatic rings. The van der Waals surface area contributed by atoms with Gasteiger partial charge in [-0.3, -0.25) is 10.1 Å². The Kier molecular flexibility index (Phi) is 5.96. The summed E-state index contributed by atoms with van der Waals surface area (Å²) < 4.78 is 0. The number of benzene rings is 1. The monoisotopic (exact) mass is 414 g/mol. The minimum Gasteiger partial charge on any atom is -0.378 e. The second kappa shape index (κ2) is 8.80. The Morgan fingerprint density at radius 2 is 1.67 bits per heavy atom. The molecule has 30 heavy (non-hydrogen) atoms. The van der Waals surface area contributed by atoms with Gasteiger partial charge in [0.05, 0.1) is 64.3 Å². The molecule has 10 nitrogen and oxygen atoms in total. The molecule has 0 bridgehead atoms.